The number of rotatable bonds is 6. The van der Waals surface area contributed by atoms with Crippen LogP contribution in [0.1, 0.15) is 35.6 Å². The van der Waals surface area contributed by atoms with Crippen LogP contribution in [0.4, 0.5) is 9.93 Å². The number of nitrogens with one attached hydrogen (secondary N) is 2. The molecule has 2 aromatic heterocycles. The molecule has 0 radical (unpaired) electrons. The summed E-state index contributed by atoms with van der Waals surface area (Å²) in [5.74, 6) is 0.750. The van der Waals surface area contributed by atoms with Crippen molar-refractivity contribution in [3.05, 3.63) is 27.4 Å². The number of hydrogen-bond acceptors (Lipinski definition) is 5. The highest BCUT2D eigenvalue weighted by Gasteiger charge is 2.18. The Morgan fingerprint density at radius 2 is 2.18 bits per heavy atom. The molecule has 1 aliphatic carbocycles. The fourth-order valence-electron chi connectivity index (χ4n) is 2.74. The van der Waals surface area contributed by atoms with Crippen molar-refractivity contribution in [3.8, 4) is 0 Å². The van der Waals surface area contributed by atoms with Crippen molar-refractivity contribution in [2.24, 2.45) is 5.92 Å². The first-order chi connectivity index (χ1) is 10.8. The summed E-state index contributed by atoms with van der Waals surface area (Å²) < 4.78 is 0. The molecular weight excluding hydrogens is 316 g/mol. The molecule has 5 nitrogen and oxygen atoms in total. The minimum Gasteiger partial charge on any atom is -0.337 e. The van der Waals surface area contributed by atoms with E-state index in [1.807, 2.05) is 11.4 Å². The second-order valence-electron chi connectivity index (χ2n) is 5.57. The Balaban J connectivity index is 1.40. The Morgan fingerprint density at radius 1 is 1.32 bits per heavy atom. The van der Waals surface area contributed by atoms with Crippen LogP contribution in [0.15, 0.2) is 17.5 Å². The zero-order valence-electron chi connectivity index (χ0n) is 12.4. The van der Waals surface area contributed by atoms with Crippen LogP contribution >= 0.6 is 22.7 Å². The molecule has 1 fully saturated rings. The highest BCUT2D eigenvalue weighted by Crippen LogP contribution is 2.29. The Bertz CT molecular complexity index is 590. The van der Waals surface area contributed by atoms with E-state index in [2.05, 4.69) is 26.9 Å². The van der Waals surface area contributed by atoms with Crippen LogP contribution in [0.5, 0.6) is 0 Å². The molecule has 0 aromatic carbocycles. The lowest BCUT2D eigenvalue weighted by Gasteiger charge is -2.04. The van der Waals surface area contributed by atoms with Crippen LogP contribution in [0.2, 0.25) is 0 Å². The molecular formula is C15H20N4OS2. The highest BCUT2D eigenvalue weighted by atomic mass is 32.1. The predicted octanol–water partition coefficient (Wildman–Crippen LogP) is 3.70. The summed E-state index contributed by atoms with van der Waals surface area (Å²) >= 11 is 3.19. The lowest BCUT2D eigenvalue weighted by molar-refractivity contribution is 0.252. The van der Waals surface area contributed by atoms with Crippen molar-refractivity contribution in [1.29, 1.82) is 0 Å². The van der Waals surface area contributed by atoms with Gasteiger partial charge >= 0.3 is 6.03 Å². The van der Waals surface area contributed by atoms with Gasteiger partial charge in [-0.25, -0.2) is 4.79 Å². The zero-order chi connectivity index (χ0) is 15.2. The van der Waals surface area contributed by atoms with E-state index in [4.69, 9.17) is 0 Å². The Hall–Kier alpha value is -1.47. The van der Waals surface area contributed by atoms with E-state index in [0.717, 1.165) is 23.8 Å². The minimum absolute atomic E-state index is 0.208. The largest absolute Gasteiger partial charge is 0.337 e. The van der Waals surface area contributed by atoms with Crippen molar-refractivity contribution < 1.29 is 4.79 Å². The Kier molecular flexibility index (Phi) is 5.39. The summed E-state index contributed by atoms with van der Waals surface area (Å²) in [6.07, 6.45) is 7.12. The summed E-state index contributed by atoms with van der Waals surface area (Å²) in [5, 5.41) is 17.5. The van der Waals surface area contributed by atoms with Crippen molar-refractivity contribution in [3.63, 3.8) is 0 Å². The molecule has 2 amide bonds. The maximum Gasteiger partial charge on any atom is 0.321 e. The van der Waals surface area contributed by atoms with Crippen molar-refractivity contribution in [1.82, 2.24) is 15.5 Å². The maximum absolute atomic E-state index is 11.8. The van der Waals surface area contributed by atoms with Crippen LogP contribution in [0, 0.1) is 5.92 Å². The topological polar surface area (TPSA) is 66.9 Å². The van der Waals surface area contributed by atoms with E-state index in [9.17, 15) is 4.79 Å². The fourth-order valence-corrected chi connectivity index (χ4v) is 4.30. The first kappa shape index (κ1) is 15.4. The van der Waals surface area contributed by atoms with Gasteiger partial charge in [0, 0.05) is 17.8 Å². The van der Waals surface area contributed by atoms with Gasteiger partial charge in [-0.3, -0.25) is 5.32 Å². The molecule has 22 heavy (non-hydrogen) atoms. The highest BCUT2D eigenvalue weighted by molar-refractivity contribution is 7.15. The van der Waals surface area contributed by atoms with Crippen molar-refractivity contribution in [2.75, 3.05) is 11.9 Å². The third kappa shape index (κ3) is 4.51. The van der Waals surface area contributed by atoms with E-state index < -0.39 is 0 Å². The molecule has 2 N–H and O–H groups in total. The number of nitrogens with zero attached hydrogens (tertiary/aromatic N) is 2. The molecule has 0 spiro atoms. The average Bonchev–Trinajstić information content (AvgIpc) is 3.22. The summed E-state index contributed by atoms with van der Waals surface area (Å²) in [6.45, 7) is 0.625. The SMILES string of the molecule is O=C(NCCc1cccs1)Nc1nnc(CC2CCCC2)s1. The first-order valence-corrected chi connectivity index (χ1v) is 9.39. The predicted molar refractivity (Wildman–Crippen MR) is 90.6 cm³/mol. The number of carbonyl (C=O) groups is 1. The average molecular weight is 336 g/mol. The lowest BCUT2D eigenvalue weighted by Crippen LogP contribution is -2.30. The lowest BCUT2D eigenvalue weighted by atomic mass is 10.1. The Labute approximate surface area is 138 Å². The summed E-state index contributed by atoms with van der Waals surface area (Å²) in [4.78, 5) is 13.1. The van der Waals surface area contributed by atoms with E-state index >= 15 is 0 Å². The van der Waals surface area contributed by atoms with Gasteiger partial charge in [-0.15, -0.1) is 21.5 Å². The van der Waals surface area contributed by atoms with Gasteiger partial charge in [0.25, 0.3) is 0 Å². The maximum atomic E-state index is 11.8. The molecule has 2 aromatic rings. The molecule has 0 atom stereocenters. The number of anilines is 1. The van der Waals surface area contributed by atoms with E-state index in [1.54, 1.807) is 11.3 Å². The molecule has 118 valence electrons. The van der Waals surface area contributed by atoms with E-state index in [0.29, 0.717) is 11.7 Å². The van der Waals surface area contributed by atoms with Crippen LogP contribution in [-0.2, 0) is 12.8 Å². The van der Waals surface area contributed by atoms with Gasteiger partial charge < -0.3 is 5.32 Å². The molecule has 1 saturated carbocycles. The van der Waals surface area contributed by atoms with Crippen molar-refractivity contribution >= 4 is 33.8 Å². The van der Waals surface area contributed by atoms with Gasteiger partial charge in [0.05, 0.1) is 0 Å². The van der Waals surface area contributed by atoms with Gasteiger partial charge in [-0.1, -0.05) is 43.1 Å². The van der Waals surface area contributed by atoms with Crippen LogP contribution in [-0.4, -0.2) is 22.8 Å². The van der Waals surface area contributed by atoms with Gasteiger partial charge in [0.15, 0.2) is 0 Å². The summed E-state index contributed by atoms with van der Waals surface area (Å²) in [5.41, 5.74) is 0. The number of aromatic nitrogens is 2. The molecule has 7 heteroatoms. The van der Waals surface area contributed by atoms with Gasteiger partial charge in [0.2, 0.25) is 5.13 Å². The quantitative estimate of drug-likeness (QED) is 0.845. The number of hydrogen-bond donors (Lipinski definition) is 2. The van der Waals surface area contributed by atoms with E-state index in [-0.39, 0.29) is 6.03 Å². The van der Waals surface area contributed by atoms with Gasteiger partial charge in [-0.05, 0) is 23.8 Å². The Morgan fingerprint density at radius 3 is 2.95 bits per heavy atom. The third-order valence-electron chi connectivity index (χ3n) is 3.86. The molecule has 0 unspecified atom stereocenters. The van der Waals surface area contributed by atoms with Gasteiger partial charge in [0.1, 0.15) is 5.01 Å². The fraction of sp³-hybridized carbons (Fsp3) is 0.533. The monoisotopic (exact) mass is 336 g/mol. The normalized spacial score (nSPS) is 15.1. The standard InChI is InChI=1S/C15H20N4OS2/c20-14(16-8-7-12-6-3-9-21-12)17-15-19-18-13(22-15)10-11-4-1-2-5-11/h3,6,9,11H,1-2,4-5,7-8,10H2,(H2,16,17,19,20). The number of thiophene rings is 1. The number of urea groups is 1. The second kappa shape index (κ2) is 7.69. The smallest absolute Gasteiger partial charge is 0.321 e. The third-order valence-corrected chi connectivity index (χ3v) is 5.66. The molecule has 3 rings (SSSR count). The second-order valence-corrected chi connectivity index (χ2v) is 7.66. The van der Waals surface area contributed by atoms with E-state index in [1.165, 1.54) is 41.9 Å². The molecule has 0 saturated heterocycles. The van der Waals surface area contributed by atoms with Crippen LogP contribution in [0.3, 0.4) is 0 Å². The summed E-state index contributed by atoms with van der Waals surface area (Å²) in [7, 11) is 0. The zero-order valence-corrected chi connectivity index (χ0v) is 14.0. The minimum atomic E-state index is -0.208. The van der Waals surface area contributed by atoms with Gasteiger partial charge in [-0.2, -0.15) is 0 Å². The van der Waals surface area contributed by atoms with Crippen molar-refractivity contribution in [2.45, 2.75) is 38.5 Å². The first-order valence-electron chi connectivity index (χ1n) is 7.69. The molecule has 0 aliphatic heterocycles. The van der Waals surface area contributed by atoms with Crippen LogP contribution < -0.4 is 10.6 Å². The number of amides is 2. The number of carbonyl (C=O) groups excluding carboxylic acids is 1. The molecule has 2 heterocycles. The molecule has 1 aliphatic rings. The van der Waals surface area contributed by atoms with Crippen LogP contribution in [0.25, 0.3) is 0 Å². The summed E-state index contributed by atoms with van der Waals surface area (Å²) in [6, 6.07) is 3.89. The molecule has 0 bridgehead atoms.